The number of rotatable bonds is 1. The van der Waals surface area contributed by atoms with Gasteiger partial charge in [0.2, 0.25) is 0 Å². The molecule has 0 aromatic carbocycles. The number of Topliss-reactive ketones (excluding diaryl/α,β-unsaturated/α-hetero) is 1. The van der Waals surface area contributed by atoms with E-state index in [-0.39, 0.29) is 10.8 Å². The SMILES string of the molecule is CC(C)(C)C(=O)C12CC(C1)C2. The van der Waals surface area contributed by atoms with Gasteiger partial charge < -0.3 is 0 Å². The Morgan fingerprint density at radius 2 is 1.73 bits per heavy atom. The van der Waals surface area contributed by atoms with E-state index in [9.17, 15) is 4.79 Å². The first kappa shape index (κ1) is 7.33. The molecule has 1 heteroatoms. The third kappa shape index (κ3) is 0.800. The van der Waals surface area contributed by atoms with Crippen LogP contribution in [0.2, 0.25) is 0 Å². The molecule has 0 N–H and O–H groups in total. The minimum Gasteiger partial charge on any atom is -0.298 e. The molecule has 1 nitrogen and oxygen atoms in total. The van der Waals surface area contributed by atoms with Gasteiger partial charge in [0.05, 0.1) is 0 Å². The van der Waals surface area contributed by atoms with Gasteiger partial charge >= 0.3 is 0 Å². The molecule has 0 saturated heterocycles. The summed E-state index contributed by atoms with van der Waals surface area (Å²) in [6.07, 6.45) is 3.59. The Bertz CT molecular complexity index is 192. The Labute approximate surface area is 68.2 Å². The fourth-order valence-electron chi connectivity index (χ4n) is 2.55. The van der Waals surface area contributed by atoms with Gasteiger partial charge in [-0.05, 0) is 25.2 Å². The zero-order valence-electron chi connectivity index (χ0n) is 7.61. The standard InChI is InChI=1S/C10H16O/c1-9(2,3)8(11)10-4-7(5-10)6-10/h7H,4-6H2,1-3H3. The summed E-state index contributed by atoms with van der Waals surface area (Å²) in [5.74, 6) is 1.42. The smallest absolute Gasteiger partial charge is 0.144 e. The molecule has 0 aliphatic heterocycles. The van der Waals surface area contributed by atoms with Crippen LogP contribution < -0.4 is 0 Å². The van der Waals surface area contributed by atoms with Crippen LogP contribution in [0.4, 0.5) is 0 Å². The highest BCUT2D eigenvalue weighted by atomic mass is 16.1. The molecular formula is C10H16O. The van der Waals surface area contributed by atoms with Gasteiger partial charge in [-0.1, -0.05) is 20.8 Å². The fraction of sp³-hybridized carbons (Fsp3) is 0.900. The van der Waals surface area contributed by atoms with Crippen LogP contribution in [-0.4, -0.2) is 5.78 Å². The van der Waals surface area contributed by atoms with Crippen molar-refractivity contribution in [1.82, 2.24) is 0 Å². The summed E-state index contributed by atoms with van der Waals surface area (Å²) >= 11 is 0. The molecule has 0 aromatic rings. The van der Waals surface area contributed by atoms with Crippen molar-refractivity contribution in [3.05, 3.63) is 0 Å². The zero-order valence-corrected chi connectivity index (χ0v) is 7.61. The molecule has 3 rings (SSSR count). The molecule has 3 aliphatic carbocycles. The van der Waals surface area contributed by atoms with Crippen molar-refractivity contribution in [2.45, 2.75) is 40.0 Å². The van der Waals surface area contributed by atoms with Crippen LogP contribution in [-0.2, 0) is 4.79 Å². The number of hydrogen-bond acceptors (Lipinski definition) is 1. The molecule has 0 amide bonds. The molecule has 0 aromatic heterocycles. The van der Waals surface area contributed by atoms with E-state index in [0.717, 1.165) is 5.92 Å². The lowest BCUT2D eigenvalue weighted by atomic mass is 9.41. The van der Waals surface area contributed by atoms with Crippen molar-refractivity contribution in [2.24, 2.45) is 16.7 Å². The maximum absolute atomic E-state index is 11.8. The normalized spacial score (nSPS) is 40.8. The number of carbonyl (C=O) groups excluding carboxylic acids is 1. The van der Waals surface area contributed by atoms with Crippen molar-refractivity contribution < 1.29 is 4.79 Å². The van der Waals surface area contributed by atoms with Gasteiger partial charge in [0.25, 0.3) is 0 Å². The molecule has 62 valence electrons. The zero-order chi connectivity index (χ0) is 8.28. The average Bonchev–Trinajstić information content (AvgIpc) is 1.52. The quantitative estimate of drug-likeness (QED) is 0.564. The van der Waals surface area contributed by atoms with Crippen LogP contribution in [0, 0.1) is 16.7 Å². The fourth-order valence-corrected chi connectivity index (χ4v) is 2.55. The number of carbonyl (C=O) groups is 1. The Morgan fingerprint density at radius 1 is 1.27 bits per heavy atom. The summed E-state index contributed by atoms with van der Waals surface area (Å²) in [6, 6.07) is 0. The van der Waals surface area contributed by atoms with Crippen molar-refractivity contribution in [1.29, 1.82) is 0 Å². The van der Waals surface area contributed by atoms with Crippen LogP contribution in [0.5, 0.6) is 0 Å². The van der Waals surface area contributed by atoms with Crippen molar-refractivity contribution in [2.75, 3.05) is 0 Å². The number of ketones is 1. The first-order valence-corrected chi connectivity index (χ1v) is 4.49. The van der Waals surface area contributed by atoms with Gasteiger partial charge in [-0.25, -0.2) is 0 Å². The third-order valence-electron chi connectivity index (χ3n) is 3.20. The molecule has 0 unspecified atom stereocenters. The first-order valence-electron chi connectivity index (χ1n) is 4.49. The van der Waals surface area contributed by atoms with E-state index in [0.29, 0.717) is 5.78 Å². The minimum atomic E-state index is -0.106. The monoisotopic (exact) mass is 152 g/mol. The van der Waals surface area contributed by atoms with Crippen LogP contribution in [0.1, 0.15) is 40.0 Å². The van der Waals surface area contributed by atoms with Crippen molar-refractivity contribution in [3.63, 3.8) is 0 Å². The van der Waals surface area contributed by atoms with Crippen LogP contribution in [0.25, 0.3) is 0 Å². The van der Waals surface area contributed by atoms with Gasteiger partial charge in [-0.2, -0.15) is 0 Å². The molecule has 3 fully saturated rings. The summed E-state index contributed by atoms with van der Waals surface area (Å²) in [5, 5.41) is 0. The van der Waals surface area contributed by atoms with Gasteiger partial charge in [-0.3, -0.25) is 4.79 Å². The van der Waals surface area contributed by atoms with Crippen LogP contribution in [0.3, 0.4) is 0 Å². The Hall–Kier alpha value is -0.330. The number of hydrogen-bond donors (Lipinski definition) is 0. The van der Waals surface area contributed by atoms with Crippen molar-refractivity contribution >= 4 is 5.78 Å². The predicted octanol–water partition coefficient (Wildman–Crippen LogP) is 2.40. The van der Waals surface area contributed by atoms with Crippen LogP contribution in [0.15, 0.2) is 0 Å². The minimum absolute atomic E-state index is 0.106. The van der Waals surface area contributed by atoms with Gasteiger partial charge in [0, 0.05) is 10.8 Å². The lowest BCUT2D eigenvalue weighted by Crippen LogP contribution is -2.59. The highest BCUT2D eigenvalue weighted by molar-refractivity contribution is 5.91. The first-order chi connectivity index (χ1) is 4.94. The summed E-state index contributed by atoms with van der Waals surface area (Å²) in [5.41, 5.74) is 0.0638. The summed E-state index contributed by atoms with van der Waals surface area (Å²) < 4.78 is 0. The lowest BCUT2D eigenvalue weighted by Gasteiger charge is -2.62. The van der Waals surface area contributed by atoms with E-state index in [4.69, 9.17) is 0 Å². The van der Waals surface area contributed by atoms with E-state index in [1.54, 1.807) is 0 Å². The highest BCUT2D eigenvalue weighted by Crippen LogP contribution is 2.66. The van der Waals surface area contributed by atoms with E-state index < -0.39 is 0 Å². The van der Waals surface area contributed by atoms with E-state index >= 15 is 0 Å². The molecule has 0 heterocycles. The molecule has 11 heavy (non-hydrogen) atoms. The largest absolute Gasteiger partial charge is 0.298 e. The summed E-state index contributed by atoms with van der Waals surface area (Å²) in [7, 11) is 0. The summed E-state index contributed by atoms with van der Waals surface area (Å²) in [4.78, 5) is 11.8. The molecule has 2 bridgehead atoms. The summed E-state index contributed by atoms with van der Waals surface area (Å²) in [6.45, 7) is 6.11. The van der Waals surface area contributed by atoms with Gasteiger partial charge in [0.15, 0.2) is 0 Å². The predicted molar refractivity (Wildman–Crippen MR) is 44.2 cm³/mol. The molecular weight excluding hydrogens is 136 g/mol. The van der Waals surface area contributed by atoms with Crippen LogP contribution >= 0.6 is 0 Å². The molecule has 3 aliphatic rings. The van der Waals surface area contributed by atoms with E-state index in [1.807, 2.05) is 20.8 Å². The van der Waals surface area contributed by atoms with Gasteiger partial charge in [-0.15, -0.1) is 0 Å². The second kappa shape index (κ2) is 1.70. The highest BCUT2D eigenvalue weighted by Gasteiger charge is 2.62. The Balaban J connectivity index is 2.11. The maximum atomic E-state index is 11.8. The molecule has 0 atom stereocenters. The topological polar surface area (TPSA) is 17.1 Å². The second-order valence-corrected chi connectivity index (χ2v) is 5.34. The second-order valence-electron chi connectivity index (χ2n) is 5.34. The van der Waals surface area contributed by atoms with Gasteiger partial charge in [0.1, 0.15) is 5.78 Å². The van der Waals surface area contributed by atoms with E-state index in [1.165, 1.54) is 19.3 Å². The third-order valence-corrected chi connectivity index (χ3v) is 3.20. The van der Waals surface area contributed by atoms with E-state index in [2.05, 4.69) is 0 Å². The lowest BCUT2D eigenvalue weighted by molar-refractivity contribution is -0.171. The maximum Gasteiger partial charge on any atom is 0.144 e. The molecule has 3 saturated carbocycles. The Morgan fingerprint density at radius 3 is 1.82 bits per heavy atom. The average molecular weight is 152 g/mol. The molecule has 0 spiro atoms. The Kier molecular flexibility index (Phi) is 1.13. The van der Waals surface area contributed by atoms with Crippen molar-refractivity contribution in [3.8, 4) is 0 Å². The molecule has 0 radical (unpaired) electrons.